The lowest BCUT2D eigenvalue weighted by molar-refractivity contribution is 0.773. The number of hydrogen-bond acceptors (Lipinski definition) is 2. The normalized spacial score (nSPS) is 12.6. The predicted molar refractivity (Wildman–Crippen MR) is 76.0 cm³/mol. The van der Waals surface area contributed by atoms with Crippen LogP contribution in [0.5, 0.6) is 0 Å². The van der Waals surface area contributed by atoms with Crippen molar-refractivity contribution >= 4 is 22.9 Å². The minimum absolute atomic E-state index is 0.431. The zero-order chi connectivity index (χ0) is 12.3. The second-order valence-electron chi connectivity index (χ2n) is 4.26. The molecule has 0 saturated carbocycles. The van der Waals surface area contributed by atoms with Gasteiger partial charge in [-0.05, 0) is 35.7 Å². The average Bonchev–Trinajstić information content (AvgIpc) is 2.75. The second-order valence-corrected chi connectivity index (χ2v) is 6.06. The Balaban J connectivity index is 2.08. The van der Waals surface area contributed by atoms with E-state index < -0.39 is 0 Å². The van der Waals surface area contributed by atoms with Crippen LogP contribution in [0.3, 0.4) is 0 Å². The SMILES string of the molecule is CC(CN)c1ccc(Cc2ccc(Cl)s2)cc1. The minimum Gasteiger partial charge on any atom is -0.330 e. The molecule has 0 radical (unpaired) electrons. The molecule has 17 heavy (non-hydrogen) atoms. The van der Waals surface area contributed by atoms with Crippen LogP contribution >= 0.6 is 22.9 Å². The molecule has 1 atom stereocenters. The molecule has 0 aliphatic heterocycles. The summed E-state index contributed by atoms with van der Waals surface area (Å²) >= 11 is 7.56. The fourth-order valence-electron chi connectivity index (χ4n) is 1.75. The van der Waals surface area contributed by atoms with Gasteiger partial charge in [0.05, 0.1) is 4.34 Å². The number of halogens is 1. The smallest absolute Gasteiger partial charge is 0.0931 e. The number of nitrogens with two attached hydrogens (primary N) is 1. The molecule has 0 bridgehead atoms. The van der Waals surface area contributed by atoms with Crippen molar-refractivity contribution in [3.63, 3.8) is 0 Å². The van der Waals surface area contributed by atoms with E-state index in [1.165, 1.54) is 16.0 Å². The van der Waals surface area contributed by atoms with Crippen molar-refractivity contribution in [2.45, 2.75) is 19.3 Å². The maximum atomic E-state index is 5.92. The summed E-state index contributed by atoms with van der Waals surface area (Å²) in [7, 11) is 0. The van der Waals surface area contributed by atoms with Gasteiger partial charge in [-0.15, -0.1) is 11.3 Å². The first-order valence-corrected chi connectivity index (χ1v) is 6.91. The molecule has 1 aromatic heterocycles. The number of benzene rings is 1. The van der Waals surface area contributed by atoms with Gasteiger partial charge in [0.15, 0.2) is 0 Å². The summed E-state index contributed by atoms with van der Waals surface area (Å²) in [5.41, 5.74) is 8.28. The van der Waals surface area contributed by atoms with Gasteiger partial charge in [0.1, 0.15) is 0 Å². The number of rotatable bonds is 4. The van der Waals surface area contributed by atoms with E-state index in [1.807, 2.05) is 6.07 Å². The highest BCUT2D eigenvalue weighted by Crippen LogP contribution is 2.24. The van der Waals surface area contributed by atoms with Gasteiger partial charge < -0.3 is 5.73 Å². The molecule has 2 N–H and O–H groups in total. The van der Waals surface area contributed by atoms with Crippen LogP contribution < -0.4 is 5.73 Å². The van der Waals surface area contributed by atoms with E-state index in [4.69, 9.17) is 17.3 Å². The van der Waals surface area contributed by atoms with Crippen molar-refractivity contribution in [1.29, 1.82) is 0 Å². The molecule has 0 spiro atoms. The molecule has 0 fully saturated rings. The van der Waals surface area contributed by atoms with Gasteiger partial charge in [-0.3, -0.25) is 0 Å². The largest absolute Gasteiger partial charge is 0.330 e. The Kier molecular flexibility index (Phi) is 4.21. The van der Waals surface area contributed by atoms with Crippen LogP contribution in [0.2, 0.25) is 4.34 Å². The van der Waals surface area contributed by atoms with E-state index in [0.717, 1.165) is 10.8 Å². The molecule has 0 aliphatic carbocycles. The Morgan fingerprint density at radius 2 is 1.88 bits per heavy atom. The summed E-state index contributed by atoms with van der Waals surface area (Å²) < 4.78 is 0.855. The molecule has 1 nitrogen and oxygen atoms in total. The van der Waals surface area contributed by atoms with Gasteiger partial charge in [-0.2, -0.15) is 0 Å². The fourth-order valence-corrected chi connectivity index (χ4v) is 2.87. The van der Waals surface area contributed by atoms with Crippen molar-refractivity contribution in [2.75, 3.05) is 6.54 Å². The van der Waals surface area contributed by atoms with Gasteiger partial charge in [0.2, 0.25) is 0 Å². The van der Waals surface area contributed by atoms with Crippen molar-refractivity contribution < 1.29 is 0 Å². The van der Waals surface area contributed by atoms with E-state index in [-0.39, 0.29) is 0 Å². The van der Waals surface area contributed by atoms with E-state index in [0.29, 0.717) is 12.5 Å². The van der Waals surface area contributed by atoms with Crippen molar-refractivity contribution in [1.82, 2.24) is 0 Å². The zero-order valence-electron chi connectivity index (χ0n) is 9.82. The molecule has 3 heteroatoms. The Hall–Kier alpha value is -0.830. The highest BCUT2D eigenvalue weighted by Gasteiger charge is 2.04. The zero-order valence-corrected chi connectivity index (χ0v) is 11.4. The Morgan fingerprint density at radius 3 is 2.41 bits per heavy atom. The first-order chi connectivity index (χ1) is 8.19. The second kappa shape index (κ2) is 5.67. The molecule has 1 unspecified atom stereocenters. The highest BCUT2D eigenvalue weighted by atomic mass is 35.5. The number of hydrogen-bond donors (Lipinski definition) is 1. The first-order valence-electron chi connectivity index (χ1n) is 5.72. The highest BCUT2D eigenvalue weighted by molar-refractivity contribution is 7.16. The quantitative estimate of drug-likeness (QED) is 0.887. The van der Waals surface area contributed by atoms with Crippen LogP contribution in [0.15, 0.2) is 36.4 Å². The lowest BCUT2D eigenvalue weighted by atomic mass is 9.99. The maximum absolute atomic E-state index is 5.92. The lowest BCUT2D eigenvalue weighted by Gasteiger charge is -2.09. The molecule has 1 aromatic carbocycles. The first kappa shape index (κ1) is 12.6. The van der Waals surface area contributed by atoms with Crippen LogP contribution in [-0.2, 0) is 6.42 Å². The molecule has 0 aliphatic rings. The van der Waals surface area contributed by atoms with E-state index in [9.17, 15) is 0 Å². The van der Waals surface area contributed by atoms with Crippen molar-refractivity contribution in [2.24, 2.45) is 5.73 Å². The summed E-state index contributed by atoms with van der Waals surface area (Å²) in [5, 5.41) is 0. The van der Waals surface area contributed by atoms with Crippen LogP contribution in [0.25, 0.3) is 0 Å². The Bertz CT molecular complexity index is 475. The van der Waals surface area contributed by atoms with Crippen molar-refractivity contribution in [3.8, 4) is 0 Å². The molecule has 0 saturated heterocycles. The standard InChI is InChI=1S/C14H16ClNS/c1-10(9-16)12-4-2-11(3-5-12)8-13-6-7-14(15)17-13/h2-7,10H,8-9,16H2,1H3. The monoisotopic (exact) mass is 265 g/mol. The van der Waals surface area contributed by atoms with Gasteiger partial charge in [-0.1, -0.05) is 42.8 Å². The molecular weight excluding hydrogens is 250 g/mol. The molecule has 0 amide bonds. The van der Waals surface area contributed by atoms with Gasteiger partial charge in [0.25, 0.3) is 0 Å². The predicted octanol–water partition coefficient (Wildman–Crippen LogP) is 4.05. The number of thiophene rings is 1. The molecule has 2 aromatic rings. The molecule has 90 valence electrons. The van der Waals surface area contributed by atoms with Crippen LogP contribution in [0, 0.1) is 0 Å². The van der Waals surface area contributed by atoms with Crippen molar-refractivity contribution in [3.05, 3.63) is 56.7 Å². The Morgan fingerprint density at radius 1 is 1.18 bits per heavy atom. The summed E-state index contributed by atoms with van der Waals surface area (Å²) in [6.45, 7) is 2.84. The van der Waals surface area contributed by atoms with Crippen LogP contribution in [0.4, 0.5) is 0 Å². The summed E-state index contributed by atoms with van der Waals surface area (Å²) in [6, 6.07) is 12.7. The van der Waals surface area contributed by atoms with Crippen LogP contribution in [0.1, 0.15) is 28.8 Å². The average molecular weight is 266 g/mol. The maximum Gasteiger partial charge on any atom is 0.0931 e. The third-order valence-corrected chi connectivity index (χ3v) is 4.14. The summed E-state index contributed by atoms with van der Waals surface area (Å²) in [5.74, 6) is 0.431. The molecule has 1 heterocycles. The van der Waals surface area contributed by atoms with Crippen LogP contribution in [-0.4, -0.2) is 6.54 Å². The minimum atomic E-state index is 0.431. The van der Waals surface area contributed by atoms with E-state index >= 15 is 0 Å². The Labute approximate surface area is 111 Å². The van der Waals surface area contributed by atoms with Gasteiger partial charge in [-0.25, -0.2) is 0 Å². The third kappa shape index (κ3) is 3.32. The van der Waals surface area contributed by atoms with E-state index in [2.05, 4.69) is 37.3 Å². The van der Waals surface area contributed by atoms with E-state index in [1.54, 1.807) is 11.3 Å². The fraction of sp³-hybridized carbons (Fsp3) is 0.286. The molecule has 2 rings (SSSR count). The van der Waals surface area contributed by atoms with Gasteiger partial charge >= 0.3 is 0 Å². The third-order valence-electron chi connectivity index (χ3n) is 2.91. The topological polar surface area (TPSA) is 26.0 Å². The molecular formula is C14H16ClNS. The summed E-state index contributed by atoms with van der Waals surface area (Å²) in [4.78, 5) is 1.30. The van der Waals surface area contributed by atoms with Gasteiger partial charge in [0, 0.05) is 11.3 Å². The summed E-state index contributed by atoms with van der Waals surface area (Å²) in [6.07, 6.45) is 0.953. The lowest BCUT2D eigenvalue weighted by Crippen LogP contribution is -2.08.